The van der Waals surface area contributed by atoms with Crippen LogP contribution in [0.25, 0.3) is 0 Å². The van der Waals surface area contributed by atoms with Crippen LogP contribution in [0, 0.1) is 0 Å². The van der Waals surface area contributed by atoms with E-state index >= 15 is 0 Å². The van der Waals surface area contributed by atoms with Gasteiger partial charge in [-0.05, 0) is 31.4 Å². The molecule has 6 heteroatoms. The van der Waals surface area contributed by atoms with Crippen LogP contribution in [0.4, 0.5) is 0 Å². The maximum Gasteiger partial charge on any atom is 0.257 e. The summed E-state index contributed by atoms with van der Waals surface area (Å²) in [7, 11) is -3.06. The largest absolute Gasteiger partial charge is 0.490 e. The number of hydrogen-bond acceptors (Lipinski definition) is 4. The molecule has 0 radical (unpaired) electrons. The van der Waals surface area contributed by atoms with E-state index in [2.05, 4.69) is 0 Å². The molecule has 2 fully saturated rings. The van der Waals surface area contributed by atoms with E-state index in [0.29, 0.717) is 11.3 Å². The van der Waals surface area contributed by atoms with Crippen molar-refractivity contribution in [2.45, 2.75) is 30.6 Å². The fraction of sp³-hybridized carbons (Fsp3) is 0.533. The molecule has 1 aliphatic heterocycles. The second-order valence-electron chi connectivity index (χ2n) is 5.83. The zero-order chi connectivity index (χ0) is 15.0. The number of nitrogens with zero attached hydrogens (tertiary/aromatic N) is 1. The van der Waals surface area contributed by atoms with Gasteiger partial charge < -0.3 is 9.64 Å². The van der Waals surface area contributed by atoms with E-state index in [1.54, 1.807) is 23.1 Å². The Balaban J connectivity index is 1.70. The maximum absolute atomic E-state index is 12.5. The van der Waals surface area contributed by atoms with Crippen LogP contribution in [-0.2, 0) is 9.84 Å². The molecule has 1 saturated heterocycles. The van der Waals surface area contributed by atoms with E-state index in [4.69, 9.17) is 4.74 Å². The van der Waals surface area contributed by atoms with Crippen molar-refractivity contribution >= 4 is 15.7 Å². The van der Waals surface area contributed by atoms with Crippen molar-refractivity contribution in [3.63, 3.8) is 0 Å². The molecule has 3 rings (SSSR count). The van der Waals surface area contributed by atoms with E-state index in [0.717, 1.165) is 12.8 Å². The minimum Gasteiger partial charge on any atom is -0.490 e. The zero-order valence-electron chi connectivity index (χ0n) is 12.0. The predicted octanol–water partition coefficient (Wildman–Crippen LogP) is 1.49. The number of sulfone groups is 1. The summed E-state index contributed by atoms with van der Waals surface area (Å²) in [6.45, 7) is 0.546. The lowest BCUT2D eigenvalue weighted by molar-refractivity contribution is 0.0643. The van der Waals surface area contributed by atoms with E-state index < -0.39 is 15.1 Å². The van der Waals surface area contributed by atoms with Crippen molar-refractivity contribution in [3.8, 4) is 5.75 Å². The topological polar surface area (TPSA) is 63.7 Å². The number of likely N-dealkylation sites (tertiary alicyclic amines) is 1. The molecule has 1 aliphatic carbocycles. The Morgan fingerprint density at radius 3 is 2.48 bits per heavy atom. The van der Waals surface area contributed by atoms with Crippen LogP contribution in [0.5, 0.6) is 5.75 Å². The van der Waals surface area contributed by atoms with Crippen LogP contribution in [-0.4, -0.2) is 49.9 Å². The van der Waals surface area contributed by atoms with Gasteiger partial charge in [0, 0.05) is 19.3 Å². The number of para-hydroxylation sites is 1. The van der Waals surface area contributed by atoms with Gasteiger partial charge in [-0.1, -0.05) is 12.1 Å². The number of carbonyl (C=O) groups is 1. The van der Waals surface area contributed by atoms with Crippen molar-refractivity contribution in [2.75, 3.05) is 19.3 Å². The van der Waals surface area contributed by atoms with Crippen LogP contribution in [0.3, 0.4) is 0 Å². The summed E-state index contributed by atoms with van der Waals surface area (Å²) in [6, 6.07) is 7.19. The molecule has 5 nitrogen and oxygen atoms in total. The van der Waals surface area contributed by atoms with Crippen LogP contribution < -0.4 is 4.74 Å². The number of rotatable bonds is 4. The number of ether oxygens (including phenoxy) is 1. The van der Waals surface area contributed by atoms with Crippen molar-refractivity contribution in [2.24, 2.45) is 0 Å². The van der Waals surface area contributed by atoms with Crippen molar-refractivity contribution in [3.05, 3.63) is 29.8 Å². The summed E-state index contributed by atoms with van der Waals surface area (Å²) < 4.78 is 28.7. The number of hydrogen-bond donors (Lipinski definition) is 0. The molecule has 1 aromatic rings. The molecule has 1 saturated carbocycles. The third kappa shape index (κ3) is 2.90. The Hall–Kier alpha value is -1.56. The Morgan fingerprint density at radius 1 is 1.24 bits per heavy atom. The quantitative estimate of drug-likeness (QED) is 0.845. The van der Waals surface area contributed by atoms with E-state index in [1.807, 2.05) is 6.07 Å². The Bertz CT molecular complexity index is 645. The number of benzene rings is 1. The van der Waals surface area contributed by atoms with Gasteiger partial charge in [-0.3, -0.25) is 4.79 Å². The third-order valence-corrected chi connectivity index (χ3v) is 5.71. The second-order valence-corrected chi connectivity index (χ2v) is 8.15. The summed E-state index contributed by atoms with van der Waals surface area (Å²) >= 11 is 0. The fourth-order valence-electron chi connectivity index (χ4n) is 2.46. The Kier molecular flexibility index (Phi) is 3.65. The summed E-state index contributed by atoms with van der Waals surface area (Å²) in [5, 5.41) is -0.429. The first kappa shape index (κ1) is 14.4. The summed E-state index contributed by atoms with van der Waals surface area (Å²) in [6.07, 6.45) is 4.65. The highest BCUT2D eigenvalue weighted by atomic mass is 32.2. The van der Waals surface area contributed by atoms with E-state index in [9.17, 15) is 13.2 Å². The first-order valence-electron chi connectivity index (χ1n) is 7.19. The van der Waals surface area contributed by atoms with Gasteiger partial charge in [0.05, 0.1) is 16.9 Å². The predicted molar refractivity (Wildman–Crippen MR) is 79.2 cm³/mol. The van der Waals surface area contributed by atoms with Gasteiger partial charge in [0.25, 0.3) is 5.91 Å². The normalized spacial score (nSPS) is 19.8. The van der Waals surface area contributed by atoms with Gasteiger partial charge in [0.2, 0.25) is 0 Å². The zero-order valence-corrected chi connectivity index (χ0v) is 12.8. The third-order valence-electron chi connectivity index (χ3n) is 4.20. The van der Waals surface area contributed by atoms with Crippen LogP contribution >= 0.6 is 0 Å². The molecule has 0 aromatic heterocycles. The smallest absolute Gasteiger partial charge is 0.257 e. The first-order valence-corrected chi connectivity index (χ1v) is 9.14. The van der Waals surface area contributed by atoms with Gasteiger partial charge in [0.1, 0.15) is 5.75 Å². The molecular formula is C15H19NO4S. The molecule has 114 valence electrons. The van der Waals surface area contributed by atoms with Crippen molar-refractivity contribution < 1.29 is 17.9 Å². The Labute approximate surface area is 124 Å². The van der Waals surface area contributed by atoms with Crippen LogP contribution in [0.15, 0.2) is 24.3 Å². The standard InChI is InChI=1S/C15H19NO4S/c1-21(18,19)12-9-16(10-12)15(17)13-7-2-3-8-14(13)20-11-5-4-6-11/h2-3,7-8,11-12H,4-6,9-10H2,1H3. The lowest BCUT2D eigenvalue weighted by Gasteiger charge is -2.38. The highest BCUT2D eigenvalue weighted by molar-refractivity contribution is 7.91. The molecule has 1 amide bonds. The highest BCUT2D eigenvalue weighted by Gasteiger charge is 2.38. The monoisotopic (exact) mass is 309 g/mol. The molecule has 2 aliphatic rings. The van der Waals surface area contributed by atoms with Gasteiger partial charge >= 0.3 is 0 Å². The highest BCUT2D eigenvalue weighted by Crippen LogP contribution is 2.29. The minimum atomic E-state index is -3.06. The SMILES string of the molecule is CS(=O)(=O)C1CN(C(=O)c2ccccc2OC2CCC2)C1. The Morgan fingerprint density at radius 2 is 1.90 bits per heavy atom. The van der Waals surface area contributed by atoms with Gasteiger partial charge in [-0.25, -0.2) is 8.42 Å². The maximum atomic E-state index is 12.5. The van der Waals surface area contributed by atoms with Crippen molar-refractivity contribution in [1.82, 2.24) is 4.90 Å². The minimum absolute atomic E-state index is 0.148. The van der Waals surface area contributed by atoms with Crippen molar-refractivity contribution in [1.29, 1.82) is 0 Å². The lowest BCUT2D eigenvalue weighted by Crippen LogP contribution is -2.56. The van der Waals surface area contributed by atoms with Crippen LogP contribution in [0.2, 0.25) is 0 Å². The molecule has 1 heterocycles. The summed E-state index contributed by atoms with van der Waals surface area (Å²) in [5.74, 6) is 0.458. The van der Waals surface area contributed by atoms with Gasteiger partial charge in [0.15, 0.2) is 9.84 Å². The molecule has 21 heavy (non-hydrogen) atoms. The van der Waals surface area contributed by atoms with Crippen LogP contribution in [0.1, 0.15) is 29.6 Å². The molecule has 1 aromatic carbocycles. The summed E-state index contributed by atoms with van der Waals surface area (Å²) in [4.78, 5) is 14.0. The fourth-order valence-corrected chi connectivity index (χ4v) is 3.36. The average Bonchev–Trinajstić information content (AvgIpc) is 2.30. The number of amides is 1. The first-order chi connectivity index (χ1) is 9.95. The summed E-state index contributed by atoms with van der Waals surface area (Å²) in [5.41, 5.74) is 0.524. The molecule has 0 spiro atoms. The number of carbonyl (C=O) groups excluding carboxylic acids is 1. The van der Waals surface area contributed by atoms with Gasteiger partial charge in [-0.2, -0.15) is 0 Å². The molecule has 0 bridgehead atoms. The molecular weight excluding hydrogens is 290 g/mol. The molecule has 0 unspecified atom stereocenters. The molecule has 0 N–H and O–H groups in total. The lowest BCUT2D eigenvalue weighted by atomic mass is 9.96. The second kappa shape index (κ2) is 5.33. The van der Waals surface area contributed by atoms with E-state index in [1.165, 1.54) is 12.7 Å². The molecule has 0 atom stereocenters. The van der Waals surface area contributed by atoms with E-state index in [-0.39, 0.29) is 25.1 Å². The van der Waals surface area contributed by atoms with Gasteiger partial charge in [-0.15, -0.1) is 0 Å². The average molecular weight is 309 g/mol.